The molecule has 20 heavy (non-hydrogen) atoms. The highest BCUT2D eigenvalue weighted by Crippen LogP contribution is 2.29. The zero-order chi connectivity index (χ0) is 15.3. The summed E-state index contributed by atoms with van der Waals surface area (Å²) in [6.07, 6.45) is 0.574. The van der Waals surface area contributed by atoms with E-state index in [-0.39, 0.29) is 5.75 Å². The zero-order valence-electron chi connectivity index (χ0n) is 12.4. The van der Waals surface area contributed by atoms with Crippen LogP contribution in [0.5, 0.6) is 11.5 Å². The zero-order valence-corrected chi connectivity index (χ0v) is 13.2. The summed E-state index contributed by atoms with van der Waals surface area (Å²) >= 11 is 0. The molecule has 6 heteroatoms. The van der Waals surface area contributed by atoms with E-state index in [1.54, 1.807) is 32.2 Å². The smallest absolute Gasteiger partial charge is 0.154 e. The van der Waals surface area contributed by atoms with Crippen LogP contribution >= 0.6 is 0 Å². The van der Waals surface area contributed by atoms with Gasteiger partial charge in [0.05, 0.1) is 25.2 Å². The monoisotopic (exact) mass is 301 g/mol. The predicted octanol–water partition coefficient (Wildman–Crippen LogP) is 1.92. The highest BCUT2D eigenvalue weighted by molar-refractivity contribution is 7.92. The molecular weight excluding hydrogens is 278 g/mol. The fourth-order valence-electron chi connectivity index (χ4n) is 1.89. The van der Waals surface area contributed by atoms with Crippen LogP contribution in [0, 0.1) is 0 Å². The van der Waals surface area contributed by atoms with Gasteiger partial charge in [0.1, 0.15) is 11.5 Å². The van der Waals surface area contributed by atoms with Gasteiger partial charge in [-0.15, -0.1) is 0 Å². The van der Waals surface area contributed by atoms with Crippen LogP contribution in [0.3, 0.4) is 0 Å². The summed E-state index contributed by atoms with van der Waals surface area (Å²) in [6.45, 7) is 3.55. The third-order valence-electron chi connectivity index (χ3n) is 3.44. The number of benzene rings is 1. The summed E-state index contributed by atoms with van der Waals surface area (Å²) in [5.74, 6) is 1.08. The Hall–Kier alpha value is -1.27. The number of nitrogens with two attached hydrogens (primary N) is 1. The third-order valence-corrected chi connectivity index (χ3v) is 5.82. The summed E-state index contributed by atoms with van der Waals surface area (Å²) < 4.78 is 34.7. The molecule has 0 spiro atoms. The molecule has 114 valence electrons. The minimum atomic E-state index is -3.22. The molecule has 2 atom stereocenters. The van der Waals surface area contributed by atoms with E-state index in [1.807, 2.05) is 6.92 Å². The highest BCUT2D eigenvalue weighted by Gasteiger charge is 2.25. The van der Waals surface area contributed by atoms with E-state index in [1.165, 1.54) is 7.11 Å². The van der Waals surface area contributed by atoms with Gasteiger partial charge < -0.3 is 15.2 Å². The maximum absolute atomic E-state index is 12.1. The Morgan fingerprint density at radius 3 is 2.40 bits per heavy atom. The van der Waals surface area contributed by atoms with Gasteiger partial charge in [-0.3, -0.25) is 0 Å². The van der Waals surface area contributed by atoms with Crippen LogP contribution in [0.2, 0.25) is 0 Å². The Morgan fingerprint density at radius 2 is 1.90 bits per heavy atom. The van der Waals surface area contributed by atoms with E-state index < -0.39 is 21.1 Å². The molecule has 0 aromatic heterocycles. The molecule has 1 aromatic rings. The average Bonchev–Trinajstić information content (AvgIpc) is 2.44. The van der Waals surface area contributed by atoms with Crippen molar-refractivity contribution in [3.8, 4) is 11.5 Å². The molecule has 0 amide bonds. The number of ether oxygens (including phenoxy) is 2. The van der Waals surface area contributed by atoms with Crippen LogP contribution in [0.4, 0.5) is 0 Å². The number of methoxy groups -OCH3 is 2. The lowest BCUT2D eigenvalue weighted by Crippen LogP contribution is -2.28. The molecule has 5 nitrogen and oxygen atoms in total. The average molecular weight is 301 g/mol. The van der Waals surface area contributed by atoms with Gasteiger partial charge in [-0.1, -0.05) is 6.92 Å². The fraction of sp³-hybridized carbons (Fsp3) is 0.571. The quantitative estimate of drug-likeness (QED) is 0.832. The second-order valence-electron chi connectivity index (χ2n) is 4.76. The predicted molar refractivity (Wildman–Crippen MR) is 80.0 cm³/mol. The van der Waals surface area contributed by atoms with Gasteiger partial charge in [-0.2, -0.15) is 0 Å². The van der Waals surface area contributed by atoms with Gasteiger partial charge in [0.25, 0.3) is 0 Å². The van der Waals surface area contributed by atoms with Crippen LogP contribution in [0.1, 0.15) is 31.9 Å². The number of hydrogen-bond acceptors (Lipinski definition) is 5. The molecule has 1 aromatic carbocycles. The molecule has 1 rings (SSSR count). The number of sulfone groups is 1. The first-order chi connectivity index (χ1) is 9.35. The normalized spacial score (nSPS) is 14.7. The third kappa shape index (κ3) is 3.86. The van der Waals surface area contributed by atoms with Crippen molar-refractivity contribution in [2.75, 3.05) is 20.0 Å². The molecule has 0 aliphatic carbocycles. The van der Waals surface area contributed by atoms with Crippen molar-refractivity contribution in [2.45, 2.75) is 31.6 Å². The topological polar surface area (TPSA) is 78.6 Å². The Labute approximate surface area is 121 Å². The van der Waals surface area contributed by atoms with Crippen molar-refractivity contribution in [3.63, 3.8) is 0 Å². The van der Waals surface area contributed by atoms with Gasteiger partial charge in [-0.05, 0) is 31.5 Å². The van der Waals surface area contributed by atoms with Crippen molar-refractivity contribution in [1.29, 1.82) is 0 Å². The largest absolute Gasteiger partial charge is 0.497 e. The molecule has 0 aliphatic heterocycles. The summed E-state index contributed by atoms with van der Waals surface area (Å²) in [4.78, 5) is 0. The van der Waals surface area contributed by atoms with E-state index in [9.17, 15) is 8.42 Å². The first kappa shape index (κ1) is 16.8. The molecule has 0 aliphatic rings. The van der Waals surface area contributed by atoms with Crippen LogP contribution in [-0.2, 0) is 9.84 Å². The number of hydrogen-bond donors (Lipinski definition) is 1. The summed E-state index contributed by atoms with van der Waals surface area (Å²) in [7, 11) is -0.146. The second-order valence-corrected chi connectivity index (χ2v) is 7.23. The van der Waals surface area contributed by atoms with Gasteiger partial charge in [0, 0.05) is 11.6 Å². The minimum absolute atomic E-state index is 0.106. The molecule has 0 heterocycles. The van der Waals surface area contributed by atoms with E-state index in [2.05, 4.69) is 0 Å². The van der Waals surface area contributed by atoms with Crippen LogP contribution in [-0.4, -0.2) is 33.6 Å². The first-order valence-corrected chi connectivity index (χ1v) is 8.26. The molecular formula is C14H23NO4S. The van der Waals surface area contributed by atoms with Crippen LogP contribution in [0.15, 0.2) is 18.2 Å². The standard InChI is InChI=1S/C14H23NO4S/c1-5-10(2)20(16,17)9-13(15)12-8-11(18-3)6-7-14(12)19-4/h6-8,10,13H,5,9,15H2,1-4H3. The maximum atomic E-state index is 12.1. The lowest BCUT2D eigenvalue weighted by atomic mass is 10.1. The summed E-state index contributed by atoms with van der Waals surface area (Å²) in [6, 6.07) is 4.55. The Morgan fingerprint density at radius 1 is 1.25 bits per heavy atom. The van der Waals surface area contributed by atoms with E-state index in [0.29, 0.717) is 23.5 Å². The van der Waals surface area contributed by atoms with Crippen molar-refractivity contribution in [1.82, 2.24) is 0 Å². The number of rotatable bonds is 7. The Bertz CT molecular complexity index is 542. The van der Waals surface area contributed by atoms with Crippen molar-refractivity contribution < 1.29 is 17.9 Å². The second kappa shape index (κ2) is 6.95. The van der Waals surface area contributed by atoms with Crippen molar-refractivity contribution in [3.05, 3.63) is 23.8 Å². The SMILES string of the molecule is CCC(C)S(=O)(=O)CC(N)c1cc(OC)ccc1OC. The first-order valence-electron chi connectivity index (χ1n) is 6.54. The molecule has 2 unspecified atom stereocenters. The lowest BCUT2D eigenvalue weighted by Gasteiger charge is -2.19. The Kier molecular flexibility index (Phi) is 5.83. The maximum Gasteiger partial charge on any atom is 0.154 e. The molecule has 0 saturated heterocycles. The minimum Gasteiger partial charge on any atom is -0.497 e. The van der Waals surface area contributed by atoms with Gasteiger partial charge in [-0.25, -0.2) is 8.42 Å². The molecule has 0 bridgehead atoms. The van der Waals surface area contributed by atoms with E-state index >= 15 is 0 Å². The summed E-state index contributed by atoms with van der Waals surface area (Å²) in [5.41, 5.74) is 6.70. The lowest BCUT2D eigenvalue weighted by molar-refractivity contribution is 0.396. The van der Waals surface area contributed by atoms with Gasteiger partial charge in [0.2, 0.25) is 0 Å². The molecule has 0 fully saturated rings. The van der Waals surface area contributed by atoms with Gasteiger partial charge in [0.15, 0.2) is 9.84 Å². The van der Waals surface area contributed by atoms with E-state index in [4.69, 9.17) is 15.2 Å². The Balaban J connectivity index is 3.05. The van der Waals surface area contributed by atoms with Crippen LogP contribution in [0.25, 0.3) is 0 Å². The van der Waals surface area contributed by atoms with Gasteiger partial charge >= 0.3 is 0 Å². The molecule has 0 radical (unpaired) electrons. The molecule has 0 saturated carbocycles. The van der Waals surface area contributed by atoms with Crippen molar-refractivity contribution in [2.24, 2.45) is 5.73 Å². The fourth-order valence-corrected chi connectivity index (χ4v) is 3.40. The van der Waals surface area contributed by atoms with E-state index in [0.717, 1.165) is 0 Å². The van der Waals surface area contributed by atoms with Crippen molar-refractivity contribution >= 4 is 9.84 Å². The molecule has 2 N–H and O–H groups in total. The summed E-state index contributed by atoms with van der Waals surface area (Å²) in [5, 5.41) is -0.398. The highest BCUT2D eigenvalue weighted by atomic mass is 32.2. The van der Waals surface area contributed by atoms with Crippen LogP contribution < -0.4 is 15.2 Å².